The van der Waals surface area contributed by atoms with E-state index in [1.165, 1.54) is 28.7 Å². The minimum Gasteiger partial charge on any atom is -0.322 e. The van der Waals surface area contributed by atoms with Gasteiger partial charge in [0.15, 0.2) is 0 Å². The number of rotatable bonds is 6. The molecule has 0 saturated carbocycles. The van der Waals surface area contributed by atoms with Gasteiger partial charge in [-0.3, -0.25) is 14.4 Å². The monoisotopic (exact) mass is 481 g/mol. The van der Waals surface area contributed by atoms with Crippen molar-refractivity contribution in [3.8, 4) is 0 Å². The molecule has 2 aromatic heterocycles. The first-order chi connectivity index (χ1) is 15.5. The van der Waals surface area contributed by atoms with Gasteiger partial charge in [0.1, 0.15) is 0 Å². The Labute approximate surface area is 196 Å². The highest BCUT2D eigenvalue weighted by atomic mass is 35.5. The number of halogens is 1. The van der Waals surface area contributed by atoms with Gasteiger partial charge in [-0.2, -0.15) is 0 Å². The van der Waals surface area contributed by atoms with Crippen molar-refractivity contribution in [2.75, 3.05) is 16.0 Å². The van der Waals surface area contributed by atoms with Crippen molar-refractivity contribution in [3.63, 3.8) is 0 Å². The fourth-order valence-electron chi connectivity index (χ4n) is 2.79. The Kier molecular flexibility index (Phi) is 6.65. The lowest BCUT2D eigenvalue weighted by Crippen LogP contribution is -2.14. The zero-order valence-electron chi connectivity index (χ0n) is 16.4. The third-order valence-corrected chi connectivity index (χ3v) is 6.43. The van der Waals surface area contributed by atoms with Crippen LogP contribution in [0.4, 0.5) is 17.1 Å². The van der Waals surface area contributed by atoms with Crippen molar-refractivity contribution in [3.05, 3.63) is 97.8 Å². The molecular formula is C23H16ClN3O3S2. The van der Waals surface area contributed by atoms with Crippen molar-refractivity contribution in [1.82, 2.24) is 0 Å². The zero-order valence-corrected chi connectivity index (χ0v) is 18.8. The molecule has 9 heteroatoms. The number of nitrogens with one attached hydrogen (secondary N) is 3. The molecular weight excluding hydrogens is 466 g/mol. The molecule has 6 nitrogen and oxygen atoms in total. The number of thiophene rings is 2. The zero-order chi connectivity index (χ0) is 22.5. The standard InChI is InChI=1S/C23H16ClN3O3S2/c24-17-10-5-14(13-18(17)27-23(30)20-4-2-12-32-20)21(28)25-15-6-8-16(9-7-15)26-22(29)19-3-1-11-31-19/h1-13H,(H,25,28)(H,26,29)(H,27,30). The molecule has 2 aromatic carbocycles. The predicted octanol–water partition coefficient (Wildman–Crippen LogP) is 6.22. The number of benzene rings is 2. The van der Waals surface area contributed by atoms with Crippen LogP contribution in [0.5, 0.6) is 0 Å². The summed E-state index contributed by atoms with van der Waals surface area (Å²) in [4.78, 5) is 38.3. The molecule has 32 heavy (non-hydrogen) atoms. The van der Waals surface area contributed by atoms with Crippen molar-refractivity contribution in [1.29, 1.82) is 0 Å². The van der Waals surface area contributed by atoms with E-state index in [9.17, 15) is 14.4 Å². The molecule has 0 aliphatic rings. The van der Waals surface area contributed by atoms with E-state index in [0.29, 0.717) is 37.4 Å². The topological polar surface area (TPSA) is 87.3 Å². The Morgan fingerprint density at radius 1 is 0.656 bits per heavy atom. The second kappa shape index (κ2) is 9.78. The fourth-order valence-corrected chi connectivity index (χ4v) is 4.20. The molecule has 0 radical (unpaired) electrons. The van der Waals surface area contributed by atoms with E-state index in [4.69, 9.17) is 11.6 Å². The number of amides is 3. The van der Waals surface area contributed by atoms with Crippen LogP contribution in [0.25, 0.3) is 0 Å². The van der Waals surface area contributed by atoms with Crippen LogP contribution in [0, 0.1) is 0 Å². The van der Waals surface area contributed by atoms with Gasteiger partial charge in [-0.15, -0.1) is 22.7 Å². The number of hydrogen-bond acceptors (Lipinski definition) is 5. The summed E-state index contributed by atoms with van der Waals surface area (Å²) in [6.07, 6.45) is 0. The maximum absolute atomic E-state index is 12.7. The van der Waals surface area contributed by atoms with E-state index >= 15 is 0 Å². The molecule has 0 bridgehead atoms. The highest BCUT2D eigenvalue weighted by Gasteiger charge is 2.13. The summed E-state index contributed by atoms with van der Waals surface area (Å²) >= 11 is 8.86. The lowest BCUT2D eigenvalue weighted by molar-refractivity contribution is 0.101. The summed E-state index contributed by atoms with van der Waals surface area (Å²) in [5.74, 6) is -0.835. The van der Waals surface area contributed by atoms with E-state index in [0.717, 1.165) is 0 Å². The van der Waals surface area contributed by atoms with Crippen LogP contribution in [-0.4, -0.2) is 17.7 Å². The SMILES string of the molecule is O=C(Nc1ccc(NC(=O)c2cccs2)cc1)c1ccc(Cl)c(NC(=O)c2cccs2)c1. The second-order valence-electron chi connectivity index (χ2n) is 6.59. The summed E-state index contributed by atoms with van der Waals surface area (Å²) < 4.78 is 0. The van der Waals surface area contributed by atoms with Crippen LogP contribution in [0.1, 0.15) is 29.7 Å². The molecule has 160 valence electrons. The molecule has 3 N–H and O–H groups in total. The maximum Gasteiger partial charge on any atom is 0.265 e. The minimum atomic E-state index is -0.358. The summed E-state index contributed by atoms with van der Waals surface area (Å²) in [7, 11) is 0. The van der Waals surface area contributed by atoms with Crippen LogP contribution >= 0.6 is 34.3 Å². The van der Waals surface area contributed by atoms with Gasteiger partial charge in [-0.05, 0) is 65.4 Å². The Balaban J connectivity index is 1.41. The van der Waals surface area contributed by atoms with Gasteiger partial charge in [0.05, 0.1) is 20.5 Å². The normalized spacial score (nSPS) is 10.4. The summed E-state index contributed by atoms with van der Waals surface area (Å²) in [6, 6.07) is 18.5. The Morgan fingerprint density at radius 3 is 1.72 bits per heavy atom. The van der Waals surface area contributed by atoms with Gasteiger partial charge in [-0.1, -0.05) is 23.7 Å². The minimum absolute atomic E-state index is 0.185. The molecule has 0 aliphatic carbocycles. The molecule has 3 amide bonds. The number of carbonyl (C=O) groups excluding carboxylic acids is 3. The van der Waals surface area contributed by atoms with E-state index in [1.54, 1.807) is 60.0 Å². The van der Waals surface area contributed by atoms with E-state index in [2.05, 4.69) is 16.0 Å². The van der Waals surface area contributed by atoms with Crippen LogP contribution < -0.4 is 16.0 Å². The first kappa shape index (κ1) is 21.8. The summed E-state index contributed by atoms with van der Waals surface area (Å²) in [5, 5.41) is 12.3. The Bertz CT molecular complexity index is 1250. The smallest absolute Gasteiger partial charge is 0.265 e. The van der Waals surface area contributed by atoms with Crippen LogP contribution in [0.15, 0.2) is 77.5 Å². The van der Waals surface area contributed by atoms with Crippen LogP contribution in [-0.2, 0) is 0 Å². The first-order valence-electron chi connectivity index (χ1n) is 9.40. The van der Waals surface area contributed by atoms with Gasteiger partial charge in [0, 0.05) is 16.9 Å². The van der Waals surface area contributed by atoms with Gasteiger partial charge in [-0.25, -0.2) is 0 Å². The van der Waals surface area contributed by atoms with E-state index < -0.39 is 0 Å². The molecule has 2 heterocycles. The highest BCUT2D eigenvalue weighted by molar-refractivity contribution is 7.12. The average Bonchev–Trinajstić information content (AvgIpc) is 3.51. The van der Waals surface area contributed by atoms with Crippen molar-refractivity contribution in [2.45, 2.75) is 0 Å². The lowest BCUT2D eigenvalue weighted by Gasteiger charge is -2.10. The molecule has 4 aromatic rings. The van der Waals surface area contributed by atoms with Crippen LogP contribution in [0.2, 0.25) is 5.02 Å². The average molecular weight is 482 g/mol. The molecule has 0 unspecified atom stereocenters. The van der Waals surface area contributed by atoms with Crippen molar-refractivity contribution in [2.24, 2.45) is 0 Å². The first-order valence-corrected chi connectivity index (χ1v) is 11.5. The molecule has 4 rings (SSSR count). The fraction of sp³-hybridized carbons (Fsp3) is 0. The third kappa shape index (κ3) is 5.23. The molecule has 0 saturated heterocycles. The summed E-state index contributed by atoms with van der Waals surface area (Å²) in [5.41, 5.74) is 1.87. The molecule has 0 atom stereocenters. The molecule has 0 fully saturated rings. The molecule has 0 spiro atoms. The Morgan fingerprint density at radius 2 is 1.19 bits per heavy atom. The van der Waals surface area contributed by atoms with Gasteiger partial charge in [0.25, 0.3) is 17.7 Å². The lowest BCUT2D eigenvalue weighted by atomic mass is 10.1. The third-order valence-electron chi connectivity index (χ3n) is 4.37. The van der Waals surface area contributed by atoms with Gasteiger partial charge in [0.2, 0.25) is 0 Å². The van der Waals surface area contributed by atoms with Gasteiger partial charge >= 0.3 is 0 Å². The van der Waals surface area contributed by atoms with Crippen LogP contribution in [0.3, 0.4) is 0 Å². The number of anilines is 3. The van der Waals surface area contributed by atoms with Crippen molar-refractivity contribution >= 4 is 69.1 Å². The Hall–Kier alpha value is -3.46. The highest BCUT2D eigenvalue weighted by Crippen LogP contribution is 2.25. The second-order valence-corrected chi connectivity index (χ2v) is 8.89. The summed E-state index contributed by atoms with van der Waals surface area (Å²) in [6.45, 7) is 0. The predicted molar refractivity (Wildman–Crippen MR) is 130 cm³/mol. The van der Waals surface area contributed by atoms with Gasteiger partial charge < -0.3 is 16.0 Å². The quantitative estimate of drug-likeness (QED) is 0.305. The molecule has 0 aliphatic heterocycles. The van der Waals surface area contributed by atoms with Crippen molar-refractivity contribution < 1.29 is 14.4 Å². The van der Waals surface area contributed by atoms with E-state index in [1.807, 2.05) is 11.4 Å². The van der Waals surface area contributed by atoms with E-state index in [-0.39, 0.29) is 17.7 Å². The maximum atomic E-state index is 12.7. The number of hydrogen-bond donors (Lipinski definition) is 3. The largest absolute Gasteiger partial charge is 0.322 e. The number of carbonyl (C=O) groups is 3.